The van der Waals surface area contributed by atoms with Crippen LogP contribution in [0.15, 0.2) is 55.4 Å². The molecule has 3 rings (SSSR count). The quantitative estimate of drug-likeness (QED) is 0.800. The Bertz CT molecular complexity index is 783. The molecular formula is C20H24N4O2. The Labute approximate surface area is 154 Å². The van der Waals surface area contributed by atoms with Gasteiger partial charge in [0.25, 0.3) is 0 Å². The van der Waals surface area contributed by atoms with Crippen LogP contribution in [0.3, 0.4) is 0 Å². The number of carbonyl (C=O) groups excluding carboxylic acids is 1. The highest BCUT2D eigenvalue weighted by molar-refractivity contribution is 5.78. The summed E-state index contributed by atoms with van der Waals surface area (Å²) in [5.41, 5.74) is 3.02. The van der Waals surface area contributed by atoms with Gasteiger partial charge in [0.2, 0.25) is 11.8 Å². The third-order valence-electron chi connectivity index (χ3n) is 4.39. The van der Waals surface area contributed by atoms with Crippen LogP contribution in [0, 0.1) is 0 Å². The number of hydrogen-bond donors (Lipinski definition) is 0. The lowest BCUT2D eigenvalue weighted by Gasteiger charge is -2.37. The number of benzene rings is 1. The second-order valence-corrected chi connectivity index (χ2v) is 6.45. The van der Waals surface area contributed by atoms with Crippen LogP contribution in [0.4, 0.5) is 17.1 Å². The largest absolute Gasteiger partial charge is 0.471 e. The Morgan fingerprint density at radius 2 is 1.92 bits per heavy atom. The van der Waals surface area contributed by atoms with Crippen LogP contribution >= 0.6 is 0 Å². The van der Waals surface area contributed by atoms with Gasteiger partial charge in [-0.15, -0.1) is 0 Å². The molecule has 0 unspecified atom stereocenters. The smallest absolute Gasteiger partial charge is 0.219 e. The Hall–Kier alpha value is -3.02. The van der Waals surface area contributed by atoms with Gasteiger partial charge in [-0.3, -0.25) is 4.79 Å². The van der Waals surface area contributed by atoms with Gasteiger partial charge in [0, 0.05) is 33.3 Å². The number of amides is 1. The van der Waals surface area contributed by atoms with Gasteiger partial charge in [0.15, 0.2) is 0 Å². The number of likely N-dealkylation sites (tertiary alicyclic amines) is 1. The van der Waals surface area contributed by atoms with E-state index in [9.17, 15) is 4.79 Å². The van der Waals surface area contributed by atoms with E-state index in [4.69, 9.17) is 4.74 Å². The monoisotopic (exact) mass is 352 g/mol. The number of aromatic nitrogens is 1. The molecule has 6 nitrogen and oxygen atoms in total. The molecule has 0 aliphatic carbocycles. The minimum Gasteiger partial charge on any atom is -0.471 e. The normalized spacial score (nSPS) is 13.7. The first-order chi connectivity index (χ1) is 12.5. The van der Waals surface area contributed by atoms with E-state index in [-0.39, 0.29) is 12.0 Å². The topological polar surface area (TPSA) is 48.9 Å². The highest BCUT2D eigenvalue weighted by Gasteiger charge is 2.30. The number of ether oxygens (including phenoxy) is 1. The van der Waals surface area contributed by atoms with Crippen LogP contribution < -0.4 is 14.5 Å². The zero-order valence-electron chi connectivity index (χ0n) is 15.4. The van der Waals surface area contributed by atoms with Crippen molar-refractivity contribution in [3.8, 4) is 5.88 Å². The van der Waals surface area contributed by atoms with E-state index in [1.807, 2.05) is 49.3 Å². The Kier molecular flexibility index (Phi) is 5.11. The van der Waals surface area contributed by atoms with E-state index in [0.29, 0.717) is 19.0 Å². The Morgan fingerprint density at radius 3 is 2.46 bits per heavy atom. The van der Waals surface area contributed by atoms with E-state index in [1.165, 1.54) is 0 Å². The molecule has 1 aromatic heterocycles. The molecule has 1 amide bonds. The van der Waals surface area contributed by atoms with Gasteiger partial charge in [-0.05, 0) is 18.2 Å². The fourth-order valence-corrected chi connectivity index (χ4v) is 2.91. The third kappa shape index (κ3) is 3.64. The summed E-state index contributed by atoms with van der Waals surface area (Å²) in [7, 11) is 4.02. The van der Waals surface area contributed by atoms with E-state index in [0.717, 1.165) is 17.1 Å². The maximum absolute atomic E-state index is 11.2. The first kappa shape index (κ1) is 17.8. The molecule has 26 heavy (non-hydrogen) atoms. The maximum atomic E-state index is 11.2. The summed E-state index contributed by atoms with van der Waals surface area (Å²) in [4.78, 5) is 21.4. The molecule has 0 bridgehead atoms. The van der Waals surface area contributed by atoms with Crippen LogP contribution in [-0.4, -0.2) is 49.1 Å². The summed E-state index contributed by atoms with van der Waals surface area (Å²) in [6.45, 7) is 6.75. The summed E-state index contributed by atoms with van der Waals surface area (Å²) >= 11 is 0. The molecule has 6 heteroatoms. The van der Waals surface area contributed by atoms with Crippen molar-refractivity contribution in [3.05, 3.63) is 55.4 Å². The van der Waals surface area contributed by atoms with Gasteiger partial charge < -0.3 is 19.4 Å². The van der Waals surface area contributed by atoms with Crippen LogP contribution in [-0.2, 0) is 4.79 Å². The summed E-state index contributed by atoms with van der Waals surface area (Å²) in [5, 5.41) is 0. The maximum Gasteiger partial charge on any atom is 0.219 e. The van der Waals surface area contributed by atoms with E-state index < -0.39 is 0 Å². The van der Waals surface area contributed by atoms with Crippen LogP contribution in [0.5, 0.6) is 5.88 Å². The zero-order valence-corrected chi connectivity index (χ0v) is 15.4. The fourth-order valence-electron chi connectivity index (χ4n) is 2.91. The van der Waals surface area contributed by atoms with Crippen LogP contribution in [0.25, 0.3) is 0 Å². The predicted molar refractivity (Wildman–Crippen MR) is 104 cm³/mol. The first-order valence-electron chi connectivity index (χ1n) is 8.56. The van der Waals surface area contributed by atoms with E-state index >= 15 is 0 Å². The van der Waals surface area contributed by atoms with Crippen molar-refractivity contribution in [2.75, 3.05) is 37.0 Å². The van der Waals surface area contributed by atoms with Gasteiger partial charge in [0.1, 0.15) is 6.10 Å². The molecule has 1 aromatic carbocycles. The Balaban J connectivity index is 1.73. The minimum absolute atomic E-state index is 0.0159. The van der Waals surface area contributed by atoms with Crippen molar-refractivity contribution < 1.29 is 9.53 Å². The molecule has 0 radical (unpaired) electrons. The standard InChI is InChI=1S/C20H24N4O2/c1-5-24(19-9-7-6-8-18(19)22(3)4)16-10-11-20(21-12-16)26-17-13-23(14-17)15(2)25/h5-12,17H,1,13-14H2,2-4H3. The summed E-state index contributed by atoms with van der Waals surface area (Å²) in [6, 6.07) is 11.9. The molecule has 1 fully saturated rings. The number of carbonyl (C=O) groups is 1. The number of hydrogen-bond acceptors (Lipinski definition) is 5. The molecule has 1 aliphatic rings. The van der Waals surface area contributed by atoms with Crippen molar-refractivity contribution in [2.24, 2.45) is 0 Å². The molecule has 2 aromatic rings. The van der Waals surface area contributed by atoms with Gasteiger partial charge in [-0.2, -0.15) is 0 Å². The lowest BCUT2D eigenvalue weighted by molar-refractivity contribution is -0.137. The van der Waals surface area contributed by atoms with E-state index in [2.05, 4.69) is 22.5 Å². The highest BCUT2D eigenvalue weighted by atomic mass is 16.5. The predicted octanol–water partition coefficient (Wildman–Crippen LogP) is 3.04. The van der Waals surface area contributed by atoms with Gasteiger partial charge in [0.05, 0.1) is 36.3 Å². The van der Waals surface area contributed by atoms with Crippen molar-refractivity contribution in [2.45, 2.75) is 13.0 Å². The Morgan fingerprint density at radius 1 is 1.23 bits per heavy atom. The van der Waals surface area contributed by atoms with Gasteiger partial charge in [-0.1, -0.05) is 18.7 Å². The molecule has 0 N–H and O–H groups in total. The van der Waals surface area contributed by atoms with Crippen molar-refractivity contribution >= 4 is 23.0 Å². The number of pyridine rings is 1. The minimum atomic E-state index is 0.0159. The van der Waals surface area contributed by atoms with Gasteiger partial charge in [-0.25, -0.2) is 4.98 Å². The summed E-state index contributed by atoms with van der Waals surface area (Å²) in [5.74, 6) is 0.640. The first-order valence-corrected chi connectivity index (χ1v) is 8.56. The van der Waals surface area contributed by atoms with Crippen molar-refractivity contribution in [3.63, 3.8) is 0 Å². The molecule has 1 saturated heterocycles. The SMILES string of the molecule is C=CN(c1ccc(OC2CN(C(C)=O)C2)nc1)c1ccccc1N(C)C. The van der Waals surface area contributed by atoms with E-state index in [1.54, 1.807) is 24.2 Å². The zero-order chi connectivity index (χ0) is 18.7. The number of rotatable bonds is 6. The number of anilines is 3. The molecule has 0 spiro atoms. The molecule has 0 atom stereocenters. The van der Waals surface area contributed by atoms with Gasteiger partial charge >= 0.3 is 0 Å². The lowest BCUT2D eigenvalue weighted by atomic mass is 10.2. The second kappa shape index (κ2) is 7.47. The van der Waals surface area contributed by atoms with Crippen molar-refractivity contribution in [1.82, 2.24) is 9.88 Å². The fraction of sp³-hybridized carbons (Fsp3) is 0.300. The highest BCUT2D eigenvalue weighted by Crippen LogP contribution is 2.33. The average molecular weight is 352 g/mol. The molecule has 136 valence electrons. The number of nitrogens with zero attached hydrogens (tertiary/aromatic N) is 4. The summed E-state index contributed by atoms with van der Waals surface area (Å²) in [6.07, 6.45) is 3.56. The van der Waals surface area contributed by atoms with Crippen LogP contribution in [0.1, 0.15) is 6.92 Å². The van der Waals surface area contributed by atoms with Crippen molar-refractivity contribution in [1.29, 1.82) is 0 Å². The average Bonchev–Trinajstić information content (AvgIpc) is 2.59. The molecule has 2 heterocycles. The second-order valence-electron chi connectivity index (χ2n) is 6.45. The number of para-hydroxylation sites is 2. The summed E-state index contributed by atoms with van der Waals surface area (Å²) < 4.78 is 5.81. The molecular weight excluding hydrogens is 328 g/mol. The molecule has 1 aliphatic heterocycles. The van der Waals surface area contributed by atoms with Crippen LogP contribution in [0.2, 0.25) is 0 Å². The lowest BCUT2D eigenvalue weighted by Crippen LogP contribution is -2.55. The third-order valence-corrected chi connectivity index (χ3v) is 4.39. The molecule has 0 saturated carbocycles.